The predicted octanol–water partition coefficient (Wildman–Crippen LogP) is 3.19. The van der Waals surface area contributed by atoms with Gasteiger partial charge in [-0.3, -0.25) is 19.9 Å². The maximum absolute atomic E-state index is 13.1. The van der Waals surface area contributed by atoms with Crippen molar-refractivity contribution in [2.24, 2.45) is 5.92 Å². The van der Waals surface area contributed by atoms with Crippen LogP contribution in [0, 0.1) is 5.92 Å². The van der Waals surface area contributed by atoms with Crippen molar-refractivity contribution in [3.63, 3.8) is 0 Å². The number of hydroxylamine groups is 1. The van der Waals surface area contributed by atoms with Crippen LogP contribution in [-0.4, -0.2) is 39.5 Å². The number of amides is 2. The quantitative estimate of drug-likeness (QED) is 0.225. The Kier molecular flexibility index (Phi) is 7.14. The first kappa shape index (κ1) is 22.9. The van der Waals surface area contributed by atoms with E-state index in [1.165, 1.54) is 0 Å². The maximum atomic E-state index is 13.1. The summed E-state index contributed by atoms with van der Waals surface area (Å²) in [5.74, 6) is -0.666. The zero-order valence-corrected chi connectivity index (χ0v) is 18.6. The van der Waals surface area contributed by atoms with Crippen LogP contribution in [0.25, 0.3) is 10.8 Å². The minimum Gasteiger partial charge on any atom is -0.497 e. The van der Waals surface area contributed by atoms with Gasteiger partial charge in [0.15, 0.2) is 0 Å². The summed E-state index contributed by atoms with van der Waals surface area (Å²) in [6, 6.07) is 20.2. The first-order chi connectivity index (χ1) is 16.6. The lowest BCUT2D eigenvalue weighted by Crippen LogP contribution is -2.37. The minimum atomic E-state index is -0.642. The molecule has 1 heterocycles. The smallest absolute Gasteiger partial charge is 0.251 e. The van der Waals surface area contributed by atoms with E-state index < -0.39 is 17.9 Å². The summed E-state index contributed by atoms with van der Waals surface area (Å²) >= 11 is 0. The second-order valence-electron chi connectivity index (χ2n) is 7.96. The molecule has 4 rings (SSSR count). The van der Waals surface area contributed by atoms with Crippen LogP contribution < -0.4 is 15.5 Å². The Morgan fingerprint density at radius 1 is 1.06 bits per heavy atom. The zero-order chi connectivity index (χ0) is 23.9. The van der Waals surface area contributed by atoms with Crippen molar-refractivity contribution in [2.45, 2.75) is 18.9 Å². The fraction of sp³-hybridized carbons (Fsp3) is 0.200. The van der Waals surface area contributed by atoms with Crippen molar-refractivity contribution < 1.29 is 19.5 Å². The summed E-state index contributed by atoms with van der Waals surface area (Å²) < 4.78 is 5.16. The Morgan fingerprint density at radius 3 is 2.50 bits per heavy atom. The number of fused-ring (bicyclic) bond motifs is 1. The van der Waals surface area contributed by atoms with E-state index in [1.54, 1.807) is 43.1 Å². The third-order valence-electron chi connectivity index (χ3n) is 5.75. The highest BCUT2D eigenvalue weighted by molar-refractivity contribution is 5.94. The molecule has 0 bridgehead atoms. The topological polar surface area (TPSA) is 129 Å². The van der Waals surface area contributed by atoms with E-state index in [4.69, 9.17) is 4.74 Å². The number of benzene rings is 3. The van der Waals surface area contributed by atoms with Crippen molar-refractivity contribution in [1.29, 1.82) is 0 Å². The molecule has 0 aliphatic heterocycles. The summed E-state index contributed by atoms with van der Waals surface area (Å²) in [4.78, 5) is 25.3. The number of carbonyl (C=O) groups excluding carboxylic acids is 2. The molecule has 34 heavy (non-hydrogen) atoms. The van der Waals surface area contributed by atoms with E-state index in [2.05, 4.69) is 26.8 Å². The lowest BCUT2D eigenvalue weighted by Gasteiger charge is -2.26. The SMILES string of the molecule is COc1ccc(C(=O)NC(c2c[nH]nn2)[C@@H](CC(=O)NO)Cc2ccc3ccccc3c2)cc1. The van der Waals surface area contributed by atoms with Gasteiger partial charge >= 0.3 is 0 Å². The van der Waals surface area contributed by atoms with Gasteiger partial charge in [0, 0.05) is 18.2 Å². The van der Waals surface area contributed by atoms with E-state index in [9.17, 15) is 14.8 Å². The summed E-state index contributed by atoms with van der Waals surface area (Å²) in [6.45, 7) is 0. The normalized spacial score (nSPS) is 12.6. The fourth-order valence-corrected chi connectivity index (χ4v) is 4.02. The largest absolute Gasteiger partial charge is 0.497 e. The third-order valence-corrected chi connectivity index (χ3v) is 5.75. The molecule has 3 aromatic carbocycles. The van der Waals surface area contributed by atoms with Gasteiger partial charge in [-0.25, -0.2) is 5.48 Å². The van der Waals surface area contributed by atoms with Crippen molar-refractivity contribution in [1.82, 2.24) is 26.2 Å². The first-order valence-electron chi connectivity index (χ1n) is 10.8. The zero-order valence-electron chi connectivity index (χ0n) is 18.6. The number of carbonyl (C=O) groups is 2. The van der Waals surface area contributed by atoms with Crippen LogP contribution in [0.5, 0.6) is 5.75 Å². The highest BCUT2D eigenvalue weighted by Crippen LogP contribution is 2.29. The molecule has 0 aliphatic carbocycles. The Labute approximate surface area is 196 Å². The third kappa shape index (κ3) is 5.38. The van der Waals surface area contributed by atoms with Crippen LogP contribution in [0.15, 0.2) is 72.9 Å². The Balaban J connectivity index is 1.64. The van der Waals surface area contributed by atoms with Gasteiger partial charge in [0.2, 0.25) is 5.91 Å². The molecule has 0 saturated carbocycles. The predicted molar refractivity (Wildman–Crippen MR) is 125 cm³/mol. The van der Waals surface area contributed by atoms with Gasteiger partial charge in [0.25, 0.3) is 5.91 Å². The number of hydrogen-bond acceptors (Lipinski definition) is 6. The Hall–Kier alpha value is -4.24. The second kappa shape index (κ2) is 10.6. The molecule has 2 atom stereocenters. The lowest BCUT2D eigenvalue weighted by atomic mass is 9.86. The van der Waals surface area contributed by atoms with Crippen molar-refractivity contribution >= 4 is 22.6 Å². The first-order valence-corrected chi connectivity index (χ1v) is 10.8. The van der Waals surface area contributed by atoms with E-state index >= 15 is 0 Å². The molecule has 0 saturated heterocycles. The highest BCUT2D eigenvalue weighted by atomic mass is 16.5. The molecule has 0 aliphatic rings. The van der Waals surface area contributed by atoms with E-state index in [-0.39, 0.29) is 12.3 Å². The van der Waals surface area contributed by atoms with Crippen LogP contribution in [0.4, 0.5) is 0 Å². The minimum absolute atomic E-state index is 0.0380. The fourth-order valence-electron chi connectivity index (χ4n) is 4.02. The number of methoxy groups -OCH3 is 1. The van der Waals surface area contributed by atoms with Gasteiger partial charge in [-0.15, -0.1) is 5.10 Å². The average molecular weight is 460 g/mol. The standard InChI is InChI=1S/C25H25N5O4/c1-34-21-10-8-18(9-11-21)25(32)27-24(22-15-26-30-28-22)20(14-23(31)29-33)13-16-6-7-17-4-2-3-5-19(17)12-16/h2-12,15,20,24,33H,13-14H2,1H3,(H,27,32)(H,29,31)(H,26,28,30)/t20-,24?/m1/s1. The summed E-state index contributed by atoms with van der Waals surface area (Å²) in [7, 11) is 1.55. The molecule has 174 valence electrons. The molecule has 0 radical (unpaired) electrons. The number of rotatable bonds is 9. The number of nitrogens with one attached hydrogen (secondary N) is 3. The van der Waals surface area contributed by atoms with Gasteiger partial charge in [-0.2, -0.15) is 0 Å². The molecule has 2 amide bonds. The van der Waals surface area contributed by atoms with Crippen LogP contribution in [0.3, 0.4) is 0 Å². The number of aromatic amines is 1. The molecular formula is C25H25N5O4. The molecule has 4 aromatic rings. The monoisotopic (exact) mass is 459 g/mol. The molecule has 0 fully saturated rings. The van der Waals surface area contributed by atoms with E-state index in [0.29, 0.717) is 23.4 Å². The average Bonchev–Trinajstić information content (AvgIpc) is 3.41. The second-order valence-corrected chi connectivity index (χ2v) is 7.96. The Bertz CT molecular complexity index is 1260. The molecule has 9 nitrogen and oxygen atoms in total. The van der Waals surface area contributed by atoms with Gasteiger partial charge in [-0.05, 0) is 52.9 Å². The maximum Gasteiger partial charge on any atom is 0.251 e. The number of H-pyrrole nitrogens is 1. The van der Waals surface area contributed by atoms with Crippen molar-refractivity contribution in [2.75, 3.05) is 7.11 Å². The lowest BCUT2D eigenvalue weighted by molar-refractivity contribution is -0.130. The van der Waals surface area contributed by atoms with Crippen LogP contribution in [0.2, 0.25) is 0 Å². The van der Waals surface area contributed by atoms with Crippen molar-refractivity contribution in [3.8, 4) is 5.75 Å². The van der Waals surface area contributed by atoms with Gasteiger partial charge < -0.3 is 10.1 Å². The molecule has 1 aromatic heterocycles. The van der Waals surface area contributed by atoms with E-state index in [1.807, 2.05) is 36.4 Å². The van der Waals surface area contributed by atoms with E-state index in [0.717, 1.165) is 16.3 Å². The number of aromatic nitrogens is 3. The van der Waals surface area contributed by atoms with Gasteiger partial charge in [0.05, 0.1) is 13.2 Å². The summed E-state index contributed by atoms with van der Waals surface area (Å²) in [5.41, 5.74) is 3.61. The summed E-state index contributed by atoms with van der Waals surface area (Å²) in [5, 5.41) is 24.9. The molecular weight excluding hydrogens is 434 g/mol. The molecule has 0 spiro atoms. The van der Waals surface area contributed by atoms with Gasteiger partial charge in [-0.1, -0.05) is 47.7 Å². The number of ether oxygens (including phenoxy) is 1. The summed E-state index contributed by atoms with van der Waals surface area (Å²) in [6.07, 6.45) is 2.01. The van der Waals surface area contributed by atoms with Crippen LogP contribution in [0.1, 0.15) is 34.1 Å². The van der Waals surface area contributed by atoms with Gasteiger partial charge in [0.1, 0.15) is 11.4 Å². The van der Waals surface area contributed by atoms with Crippen molar-refractivity contribution in [3.05, 3.63) is 89.7 Å². The Morgan fingerprint density at radius 2 is 1.82 bits per heavy atom. The number of nitrogens with zero attached hydrogens (tertiary/aromatic N) is 2. The molecule has 4 N–H and O–H groups in total. The molecule has 1 unspecified atom stereocenters. The highest BCUT2D eigenvalue weighted by Gasteiger charge is 2.30. The van der Waals surface area contributed by atoms with Crippen LogP contribution in [-0.2, 0) is 11.2 Å². The van der Waals surface area contributed by atoms with Crippen LogP contribution >= 0.6 is 0 Å². The number of hydrogen-bond donors (Lipinski definition) is 4. The molecule has 9 heteroatoms.